The van der Waals surface area contributed by atoms with Crippen molar-refractivity contribution in [3.8, 4) is 0 Å². The maximum Gasteiger partial charge on any atom is 0.410 e. The fraction of sp³-hybridized carbons (Fsp3) is 0.562. The number of nitrogens with one attached hydrogen (secondary N) is 1. The van der Waals surface area contributed by atoms with E-state index in [4.69, 9.17) is 10.6 Å². The number of amides is 1. The van der Waals surface area contributed by atoms with E-state index in [1.165, 1.54) is 12.1 Å². The van der Waals surface area contributed by atoms with Gasteiger partial charge in [-0.15, -0.1) is 0 Å². The summed E-state index contributed by atoms with van der Waals surface area (Å²) in [5, 5.41) is 0. The summed E-state index contributed by atoms with van der Waals surface area (Å²) in [4.78, 5) is 13.7. The lowest BCUT2D eigenvalue weighted by Crippen LogP contribution is -2.38. The Balaban J connectivity index is 2.10. The number of nitrogens with zero attached hydrogens (tertiary/aromatic N) is 1. The summed E-state index contributed by atoms with van der Waals surface area (Å²) in [5.74, 6) is 3.61. The molecule has 1 aromatic carbocycles. The maximum atomic E-state index is 14.0. The third-order valence-corrected chi connectivity index (χ3v) is 3.84. The first-order valence-electron chi connectivity index (χ1n) is 7.61. The molecule has 2 rings (SSSR count). The number of ether oxygens (including phenoxy) is 1. The lowest BCUT2D eigenvalue weighted by molar-refractivity contribution is 0.0285. The predicted octanol–water partition coefficient (Wildman–Crippen LogP) is 2.73. The highest BCUT2D eigenvalue weighted by Gasteiger charge is 2.35. The number of nitrogens with two attached hydrogens (primary N) is 1. The summed E-state index contributed by atoms with van der Waals surface area (Å²) in [6, 6.07) is 3.43. The molecule has 2 atom stereocenters. The first kappa shape index (κ1) is 17.6. The van der Waals surface area contributed by atoms with E-state index in [1.807, 2.05) is 0 Å². The number of benzene rings is 1. The third-order valence-electron chi connectivity index (χ3n) is 3.84. The summed E-state index contributed by atoms with van der Waals surface area (Å²) in [7, 11) is 0. The average Bonchev–Trinajstić information content (AvgIpc) is 2.92. The Labute approximate surface area is 134 Å². The van der Waals surface area contributed by atoms with E-state index in [9.17, 15) is 13.6 Å². The zero-order chi connectivity index (χ0) is 17.2. The molecule has 0 radical (unpaired) electrons. The Morgan fingerprint density at radius 1 is 1.43 bits per heavy atom. The molecule has 1 saturated heterocycles. The van der Waals surface area contributed by atoms with Crippen LogP contribution >= 0.6 is 0 Å². The summed E-state index contributed by atoms with van der Waals surface area (Å²) < 4.78 is 32.8. The second kappa shape index (κ2) is 6.80. The minimum Gasteiger partial charge on any atom is -0.444 e. The second-order valence-electron chi connectivity index (χ2n) is 6.76. The molecule has 1 aliphatic rings. The van der Waals surface area contributed by atoms with Gasteiger partial charge in [-0.2, -0.15) is 0 Å². The van der Waals surface area contributed by atoms with Crippen LogP contribution in [0.3, 0.4) is 0 Å². The van der Waals surface area contributed by atoms with Crippen LogP contribution in [-0.2, 0) is 4.74 Å². The first-order valence-corrected chi connectivity index (χ1v) is 7.61. The summed E-state index contributed by atoms with van der Waals surface area (Å²) >= 11 is 0. The molecule has 0 spiro atoms. The SMILES string of the molecule is CC(C)(C)OC(=O)N1CCC(C(NN)c2cccc(F)c2F)C1. The monoisotopic (exact) mass is 327 g/mol. The second-order valence-corrected chi connectivity index (χ2v) is 6.76. The highest BCUT2D eigenvalue weighted by Crippen LogP contribution is 2.32. The Bertz CT molecular complexity index is 575. The molecule has 5 nitrogen and oxygen atoms in total. The van der Waals surface area contributed by atoms with Crippen LogP contribution in [0.5, 0.6) is 0 Å². The molecule has 0 saturated carbocycles. The van der Waals surface area contributed by atoms with E-state index in [1.54, 1.807) is 25.7 Å². The van der Waals surface area contributed by atoms with Gasteiger partial charge in [0.1, 0.15) is 5.60 Å². The zero-order valence-electron chi connectivity index (χ0n) is 13.6. The average molecular weight is 327 g/mol. The topological polar surface area (TPSA) is 67.6 Å². The van der Waals surface area contributed by atoms with Crippen LogP contribution in [0, 0.1) is 17.6 Å². The Morgan fingerprint density at radius 2 is 2.13 bits per heavy atom. The van der Waals surface area contributed by atoms with Crippen molar-refractivity contribution in [3.05, 3.63) is 35.4 Å². The van der Waals surface area contributed by atoms with Gasteiger partial charge in [-0.3, -0.25) is 11.3 Å². The predicted molar refractivity (Wildman–Crippen MR) is 82.3 cm³/mol. The van der Waals surface area contributed by atoms with Gasteiger partial charge in [-0.05, 0) is 39.2 Å². The lowest BCUT2D eigenvalue weighted by Gasteiger charge is -2.26. The number of halogens is 2. The lowest BCUT2D eigenvalue weighted by atomic mass is 9.92. The molecule has 0 bridgehead atoms. The van der Waals surface area contributed by atoms with E-state index in [2.05, 4.69) is 5.43 Å². The molecule has 1 heterocycles. The van der Waals surface area contributed by atoms with E-state index in [-0.39, 0.29) is 11.5 Å². The number of hydrogen-bond acceptors (Lipinski definition) is 4. The molecular weight excluding hydrogens is 304 g/mol. The molecule has 1 fully saturated rings. The number of rotatable bonds is 3. The van der Waals surface area contributed by atoms with Crippen LogP contribution in [0.1, 0.15) is 38.8 Å². The fourth-order valence-electron chi connectivity index (χ4n) is 2.79. The quantitative estimate of drug-likeness (QED) is 0.662. The summed E-state index contributed by atoms with van der Waals surface area (Å²) in [6.45, 7) is 6.26. The van der Waals surface area contributed by atoms with Crippen molar-refractivity contribution in [2.75, 3.05) is 13.1 Å². The van der Waals surface area contributed by atoms with Gasteiger partial charge in [0.15, 0.2) is 11.6 Å². The van der Waals surface area contributed by atoms with Gasteiger partial charge in [0.2, 0.25) is 0 Å². The molecule has 2 unspecified atom stereocenters. The van der Waals surface area contributed by atoms with Gasteiger partial charge in [0.05, 0.1) is 6.04 Å². The van der Waals surface area contributed by atoms with Crippen molar-refractivity contribution in [1.82, 2.24) is 10.3 Å². The molecule has 7 heteroatoms. The van der Waals surface area contributed by atoms with Crippen LogP contribution in [-0.4, -0.2) is 29.7 Å². The molecule has 128 valence electrons. The van der Waals surface area contributed by atoms with Gasteiger partial charge in [0, 0.05) is 18.7 Å². The van der Waals surface area contributed by atoms with Crippen molar-refractivity contribution in [2.24, 2.45) is 11.8 Å². The van der Waals surface area contributed by atoms with Gasteiger partial charge in [0.25, 0.3) is 0 Å². The van der Waals surface area contributed by atoms with Crippen LogP contribution in [0.25, 0.3) is 0 Å². The normalized spacial score (nSPS) is 19.7. The number of carbonyl (C=O) groups excluding carboxylic acids is 1. The number of carbonyl (C=O) groups is 1. The highest BCUT2D eigenvalue weighted by atomic mass is 19.2. The van der Waals surface area contributed by atoms with Gasteiger partial charge in [-0.25, -0.2) is 13.6 Å². The van der Waals surface area contributed by atoms with Gasteiger partial charge < -0.3 is 9.64 Å². The summed E-state index contributed by atoms with van der Waals surface area (Å²) in [5.41, 5.74) is 2.15. The number of hydrogen-bond donors (Lipinski definition) is 2. The van der Waals surface area contributed by atoms with Gasteiger partial charge >= 0.3 is 6.09 Å². The van der Waals surface area contributed by atoms with Crippen molar-refractivity contribution < 1.29 is 18.3 Å². The van der Waals surface area contributed by atoms with Crippen molar-refractivity contribution in [1.29, 1.82) is 0 Å². The van der Waals surface area contributed by atoms with Gasteiger partial charge in [-0.1, -0.05) is 12.1 Å². The first-order chi connectivity index (χ1) is 10.7. The maximum absolute atomic E-state index is 14.0. The summed E-state index contributed by atoms with van der Waals surface area (Å²) in [6.07, 6.45) is 0.222. The van der Waals surface area contributed by atoms with Crippen LogP contribution in [0.4, 0.5) is 13.6 Å². The highest BCUT2D eigenvalue weighted by molar-refractivity contribution is 5.68. The molecule has 3 N–H and O–H groups in total. The Kier molecular flexibility index (Phi) is 5.21. The molecule has 1 amide bonds. The van der Waals surface area contributed by atoms with E-state index in [0.29, 0.717) is 19.5 Å². The Hall–Kier alpha value is -1.73. The molecule has 0 aliphatic carbocycles. The zero-order valence-corrected chi connectivity index (χ0v) is 13.6. The van der Waals surface area contributed by atoms with Crippen LogP contribution in [0.2, 0.25) is 0 Å². The van der Waals surface area contributed by atoms with E-state index < -0.39 is 29.4 Å². The standard InChI is InChI=1S/C16H23F2N3O2/c1-16(2,3)23-15(22)21-8-7-10(9-21)14(20-19)11-5-4-6-12(17)13(11)18/h4-6,10,14,20H,7-9,19H2,1-3H3. The molecule has 0 aromatic heterocycles. The van der Waals surface area contributed by atoms with Crippen LogP contribution in [0.15, 0.2) is 18.2 Å². The molecule has 1 aliphatic heterocycles. The minimum atomic E-state index is -0.912. The molecule has 23 heavy (non-hydrogen) atoms. The number of likely N-dealkylation sites (tertiary alicyclic amines) is 1. The van der Waals surface area contributed by atoms with Crippen molar-refractivity contribution in [3.63, 3.8) is 0 Å². The smallest absolute Gasteiger partial charge is 0.410 e. The van der Waals surface area contributed by atoms with E-state index in [0.717, 1.165) is 6.07 Å². The van der Waals surface area contributed by atoms with Crippen LogP contribution < -0.4 is 11.3 Å². The molecular formula is C16H23F2N3O2. The number of hydrazine groups is 1. The third kappa shape index (κ3) is 4.17. The van der Waals surface area contributed by atoms with Crippen molar-refractivity contribution >= 4 is 6.09 Å². The fourth-order valence-corrected chi connectivity index (χ4v) is 2.79. The largest absolute Gasteiger partial charge is 0.444 e. The molecule has 1 aromatic rings. The van der Waals surface area contributed by atoms with E-state index >= 15 is 0 Å². The minimum absolute atomic E-state index is 0.121. The Morgan fingerprint density at radius 3 is 2.74 bits per heavy atom. The van der Waals surface area contributed by atoms with Crippen molar-refractivity contribution in [2.45, 2.75) is 38.8 Å².